The van der Waals surface area contributed by atoms with Crippen molar-refractivity contribution in [3.05, 3.63) is 108 Å². The monoisotopic (exact) mass is 702 g/mol. The van der Waals surface area contributed by atoms with Crippen molar-refractivity contribution in [1.29, 1.82) is 0 Å². The lowest BCUT2D eigenvalue weighted by Gasteiger charge is -2.26. The molecule has 3 rings (SSSR count). The molecule has 3 aromatic rings. The third kappa shape index (κ3) is 13.9. The molecule has 272 valence electrons. The topological polar surface area (TPSA) is 264 Å². The number of benzene rings is 3. The maximum Gasteiger partial charge on any atom is 0.326 e. The molecule has 0 saturated carbocycles. The van der Waals surface area contributed by atoms with Crippen molar-refractivity contribution in [1.82, 2.24) is 21.3 Å². The van der Waals surface area contributed by atoms with Crippen molar-refractivity contribution in [3.8, 4) is 0 Å². The molecule has 4 amide bonds. The molecule has 5 atom stereocenters. The fraction of sp³-hybridized carbons (Fsp3) is 0.333. The summed E-state index contributed by atoms with van der Waals surface area (Å²) >= 11 is 0. The first-order valence-electron chi connectivity index (χ1n) is 16.4. The highest BCUT2D eigenvalue weighted by Crippen LogP contribution is 2.09. The molecule has 0 heterocycles. The summed E-state index contributed by atoms with van der Waals surface area (Å²) in [5.74, 6) is -4.49. The van der Waals surface area contributed by atoms with Crippen LogP contribution in [0.15, 0.2) is 96.0 Å². The van der Waals surface area contributed by atoms with Gasteiger partial charge in [-0.15, -0.1) is 0 Å². The number of rotatable bonds is 20. The van der Waals surface area contributed by atoms with Crippen LogP contribution in [0.5, 0.6) is 0 Å². The summed E-state index contributed by atoms with van der Waals surface area (Å²) < 4.78 is 0. The van der Waals surface area contributed by atoms with Gasteiger partial charge < -0.3 is 48.7 Å². The van der Waals surface area contributed by atoms with E-state index < -0.39 is 66.4 Å². The Morgan fingerprint density at radius 2 is 0.980 bits per heavy atom. The van der Waals surface area contributed by atoms with Crippen molar-refractivity contribution in [2.75, 3.05) is 13.2 Å². The number of nitrogens with two attached hydrogens (primary N) is 3. The molecular weight excluding hydrogens is 656 g/mol. The van der Waals surface area contributed by atoms with E-state index in [9.17, 15) is 34.2 Å². The lowest BCUT2D eigenvalue weighted by Crippen LogP contribution is -2.60. The standard InChI is InChI=1S/C36H46N8O7/c37-26(19-23-11-4-1-5-12-23)31(46)44-30(22-45)34(49)43-29(21-25-15-8-3-9-16-25)33(48)42-28(20-24-13-6-2-7-14-24)32(47)41-27(35(50)51)17-10-18-40-36(38)39/h1-9,11-16,26-30,45H,10,17-22,37H2,(H,41,47)(H,42,48)(H,43,49)(H,44,46)(H,50,51)(H4,38,39,40)/t26-,27-,28-,29+,30-/m0/s1. The van der Waals surface area contributed by atoms with Crippen molar-refractivity contribution in [2.24, 2.45) is 22.2 Å². The Hall–Kier alpha value is -5.80. The lowest BCUT2D eigenvalue weighted by atomic mass is 10.0. The van der Waals surface area contributed by atoms with Gasteiger partial charge in [0.25, 0.3) is 0 Å². The Bertz CT molecular complexity index is 1610. The van der Waals surface area contributed by atoms with Gasteiger partial charge in [-0.3, -0.25) is 24.2 Å². The Kier molecular flexibility index (Phi) is 16.1. The molecule has 0 aliphatic rings. The number of nitrogens with zero attached hydrogens (tertiary/aromatic N) is 1. The SMILES string of the molecule is NC(N)=NCCC[C@H](NC(=O)[C@H](Cc1ccccc1)NC(=O)[C@@H](Cc1ccccc1)NC(=O)[C@H](CO)NC(=O)[C@@H](N)Cc1ccccc1)C(=O)O. The summed E-state index contributed by atoms with van der Waals surface area (Å²) in [6.45, 7) is -0.630. The number of amides is 4. The predicted octanol–water partition coefficient (Wildman–Crippen LogP) is -0.888. The van der Waals surface area contributed by atoms with E-state index in [1.807, 2.05) is 6.07 Å². The average molecular weight is 703 g/mol. The van der Waals surface area contributed by atoms with Crippen LogP contribution in [0.25, 0.3) is 0 Å². The number of hydrogen-bond acceptors (Lipinski definition) is 8. The number of carbonyl (C=O) groups is 5. The number of nitrogens with one attached hydrogen (secondary N) is 4. The zero-order chi connectivity index (χ0) is 37.2. The zero-order valence-electron chi connectivity index (χ0n) is 28.1. The molecular formula is C36H46N8O7. The minimum absolute atomic E-state index is 0.000614. The van der Waals surface area contributed by atoms with Gasteiger partial charge in [0, 0.05) is 19.4 Å². The van der Waals surface area contributed by atoms with Crippen molar-refractivity contribution in [3.63, 3.8) is 0 Å². The summed E-state index contributed by atoms with van der Waals surface area (Å²) in [7, 11) is 0. The summed E-state index contributed by atoms with van der Waals surface area (Å²) in [5.41, 5.74) is 18.9. The molecule has 51 heavy (non-hydrogen) atoms. The van der Waals surface area contributed by atoms with Crippen LogP contribution in [0.3, 0.4) is 0 Å². The number of carbonyl (C=O) groups excluding carboxylic acids is 4. The Morgan fingerprint density at radius 3 is 1.39 bits per heavy atom. The highest BCUT2D eigenvalue weighted by Gasteiger charge is 2.32. The minimum atomic E-state index is -1.44. The normalized spacial score (nSPS) is 13.7. The molecule has 12 N–H and O–H groups in total. The number of aliphatic hydroxyl groups excluding tert-OH is 1. The smallest absolute Gasteiger partial charge is 0.326 e. The third-order valence-electron chi connectivity index (χ3n) is 7.84. The fourth-order valence-corrected chi connectivity index (χ4v) is 5.13. The number of guanidine groups is 1. The summed E-state index contributed by atoms with van der Waals surface area (Å²) in [6, 6.07) is 20.3. The maximum atomic E-state index is 13.9. The van der Waals surface area contributed by atoms with E-state index in [4.69, 9.17) is 17.2 Å². The lowest BCUT2D eigenvalue weighted by molar-refractivity contribution is -0.142. The highest BCUT2D eigenvalue weighted by atomic mass is 16.4. The quantitative estimate of drug-likeness (QED) is 0.0398. The van der Waals surface area contributed by atoms with E-state index in [1.54, 1.807) is 84.9 Å². The molecule has 15 nitrogen and oxygen atoms in total. The molecule has 0 spiro atoms. The molecule has 0 radical (unpaired) electrons. The zero-order valence-corrected chi connectivity index (χ0v) is 28.1. The molecule has 0 saturated heterocycles. The summed E-state index contributed by atoms with van der Waals surface area (Å²) in [4.78, 5) is 69.6. The van der Waals surface area contributed by atoms with Crippen molar-refractivity contribution in [2.45, 2.75) is 62.3 Å². The summed E-state index contributed by atoms with van der Waals surface area (Å²) in [6.07, 6.45) is 0.449. The molecule has 0 aliphatic heterocycles. The number of aliphatic hydroxyl groups is 1. The molecule has 0 aliphatic carbocycles. The molecule has 0 unspecified atom stereocenters. The van der Waals surface area contributed by atoms with Crippen molar-refractivity contribution < 1.29 is 34.2 Å². The number of aliphatic carboxylic acids is 1. The van der Waals surface area contributed by atoms with Gasteiger partial charge in [0.15, 0.2) is 5.96 Å². The van der Waals surface area contributed by atoms with Gasteiger partial charge in [0.2, 0.25) is 23.6 Å². The average Bonchev–Trinajstić information content (AvgIpc) is 3.12. The van der Waals surface area contributed by atoms with Crippen molar-refractivity contribution >= 4 is 35.6 Å². The molecule has 3 aromatic carbocycles. The van der Waals surface area contributed by atoms with Gasteiger partial charge in [0.1, 0.15) is 24.2 Å². The second-order valence-electron chi connectivity index (χ2n) is 11.9. The Morgan fingerprint density at radius 1 is 0.588 bits per heavy atom. The van der Waals surface area contributed by atoms with E-state index in [-0.39, 0.29) is 44.6 Å². The van der Waals surface area contributed by atoms with E-state index >= 15 is 0 Å². The van der Waals surface area contributed by atoms with Crippen LogP contribution < -0.4 is 38.5 Å². The minimum Gasteiger partial charge on any atom is -0.480 e. The van der Waals surface area contributed by atoms with Crippen LogP contribution in [-0.2, 0) is 43.2 Å². The Labute approximate surface area is 296 Å². The first-order valence-corrected chi connectivity index (χ1v) is 16.4. The van der Waals surface area contributed by atoms with Gasteiger partial charge in [-0.2, -0.15) is 0 Å². The number of aliphatic imine (C=N–C) groups is 1. The van der Waals surface area contributed by atoms with Crippen LogP contribution in [0, 0.1) is 0 Å². The molecule has 15 heteroatoms. The van der Waals surface area contributed by atoms with Gasteiger partial charge in [-0.25, -0.2) is 4.79 Å². The van der Waals surface area contributed by atoms with Crippen LogP contribution in [0.1, 0.15) is 29.5 Å². The van der Waals surface area contributed by atoms with Gasteiger partial charge >= 0.3 is 5.97 Å². The van der Waals surface area contributed by atoms with Gasteiger partial charge in [-0.1, -0.05) is 91.0 Å². The number of carboxylic acid groups (broad SMARTS) is 1. The first kappa shape index (κ1) is 39.6. The molecule has 0 aromatic heterocycles. The highest BCUT2D eigenvalue weighted by molar-refractivity contribution is 5.95. The second-order valence-corrected chi connectivity index (χ2v) is 11.9. The summed E-state index contributed by atoms with van der Waals surface area (Å²) in [5, 5.41) is 30.0. The fourth-order valence-electron chi connectivity index (χ4n) is 5.13. The van der Waals surface area contributed by atoms with E-state index in [2.05, 4.69) is 26.3 Å². The van der Waals surface area contributed by atoms with E-state index in [0.29, 0.717) is 11.1 Å². The number of carboxylic acids is 1. The third-order valence-corrected chi connectivity index (χ3v) is 7.84. The van der Waals surface area contributed by atoms with Crippen LogP contribution >= 0.6 is 0 Å². The van der Waals surface area contributed by atoms with E-state index in [0.717, 1.165) is 5.56 Å². The maximum absolute atomic E-state index is 13.9. The molecule has 0 bridgehead atoms. The second kappa shape index (κ2) is 20.7. The van der Waals surface area contributed by atoms with Crippen LogP contribution in [0.2, 0.25) is 0 Å². The molecule has 0 fully saturated rings. The number of hydrogen-bond donors (Lipinski definition) is 9. The van der Waals surface area contributed by atoms with Crippen LogP contribution in [-0.4, -0.2) is 89.1 Å². The Balaban J connectivity index is 1.79. The van der Waals surface area contributed by atoms with E-state index in [1.165, 1.54) is 0 Å². The first-order chi connectivity index (χ1) is 24.5. The van der Waals surface area contributed by atoms with Gasteiger partial charge in [0.05, 0.1) is 12.6 Å². The van der Waals surface area contributed by atoms with Gasteiger partial charge in [-0.05, 0) is 36.0 Å². The largest absolute Gasteiger partial charge is 0.480 e. The predicted molar refractivity (Wildman–Crippen MR) is 191 cm³/mol. The van der Waals surface area contributed by atoms with Crippen LogP contribution in [0.4, 0.5) is 0 Å².